The Morgan fingerprint density at radius 3 is 2.37 bits per heavy atom. The minimum atomic E-state index is -3.39. The molecule has 0 aliphatic rings. The van der Waals surface area contributed by atoms with Gasteiger partial charge in [0, 0.05) is 10.5 Å². The third-order valence-electron chi connectivity index (χ3n) is 2.97. The molecule has 1 unspecified atom stereocenters. The Labute approximate surface area is 125 Å². The van der Waals surface area contributed by atoms with Gasteiger partial charge in [0.2, 0.25) is 10.0 Å². The van der Waals surface area contributed by atoms with E-state index >= 15 is 0 Å². The van der Waals surface area contributed by atoms with Gasteiger partial charge in [0.1, 0.15) is 0 Å². The van der Waals surface area contributed by atoms with Gasteiger partial charge in [-0.25, -0.2) is 13.1 Å². The second-order valence-electron chi connectivity index (χ2n) is 4.83. The number of hydrogen-bond donors (Lipinski definition) is 1. The Morgan fingerprint density at radius 2 is 1.79 bits per heavy atom. The van der Waals surface area contributed by atoms with Crippen molar-refractivity contribution < 1.29 is 8.42 Å². The van der Waals surface area contributed by atoms with Gasteiger partial charge in [-0.3, -0.25) is 0 Å². The summed E-state index contributed by atoms with van der Waals surface area (Å²) in [7, 11) is -3.39. The fraction of sp³-hybridized carbons (Fsp3) is 0.571. The van der Waals surface area contributed by atoms with Crippen LogP contribution in [0.4, 0.5) is 0 Å². The van der Waals surface area contributed by atoms with Gasteiger partial charge in [0.15, 0.2) is 0 Å². The third-order valence-corrected chi connectivity index (χ3v) is 5.11. The molecule has 0 saturated heterocycles. The summed E-state index contributed by atoms with van der Waals surface area (Å²) in [6.07, 6.45) is 5.53. The van der Waals surface area contributed by atoms with E-state index in [0.29, 0.717) is 4.90 Å². The molecule has 0 aliphatic carbocycles. The van der Waals surface area contributed by atoms with Crippen LogP contribution in [0.2, 0.25) is 0 Å². The Hall–Kier alpha value is -0.390. The lowest BCUT2D eigenvalue weighted by Crippen LogP contribution is -2.32. The van der Waals surface area contributed by atoms with Gasteiger partial charge >= 0.3 is 0 Å². The van der Waals surface area contributed by atoms with E-state index in [1.165, 1.54) is 19.3 Å². The van der Waals surface area contributed by atoms with Gasteiger partial charge in [-0.1, -0.05) is 48.5 Å². The summed E-state index contributed by atoms with van der Waals surface area (Å²) in [6, 6.07) is 6.67. The zero-order valence-electron chi connectivity index (χ0n) is 11.5. The SMILES string of the molecule is CCCCCCC(C)NS(=O)(=O)c1ccc(Br)cc1. The second-order valence-corrected chi connectivity index (χ2v) is 7.46. The average molecular weight is 348 g/mol. The Balaban J connectivity index is 2.52. The van der Waals surface area contributed by atoms with Gasteiger partial charge < -0.3 is 0 Å². The summed E-state index contributed by atoms with van der Waals surface area (Å²) in [5.41, 5.74) is 0. The molecule has 1 rings (SSSR count). The molecule has 19 heavy (non-hydrogen) atoms. The van der Waals surface area contributed by atoms with Gasteiger partial charge in [-0.15, -0.1) is 0 Å². The smallest absolute Gasteiger partial charge is 0.208 e. The van der Waals surface area contributed by atoms with Crippen molar-refractivity contribution in [3.63, 3.8) is 0 Å². The number of nitrogens with one attached hydrogen (secondary N) is 1. The monoisotopic (exact) mass is 347 g/mol. The first-order chi connectivity index (χ1) is 8.95. The van der Waals surface area contributed by atoms with E-state index in [0.717, 1.165) is 17.3 Å². The number of rotatable bonds is 8. The lowest BCUT2D eigenvalue weighted by molar-refractivity contribution is 0.522. The van der Waals surface area contributed by atoms with Gasteiger partial charge in [0.05, 0.1) is 4.90 Å². The molecule has 108 valence electrons. The first kappa shape index (κ1) is 16.7. The molecule has 0 radical (unpaired) electrons. The minimum Gasteiger partial charge on any atom is -0.208 e. The van der Waals surface area contributed by atoms with Crippen molar-refractivity contribution in [2.45, 2.75) is 56.9 Å². The number of halogens is 1. The molecular weight excluding hydrogens is 326 g/mol. The molecule has 0 aliphatic heterocycles. The van der Waals surface area contributed by atoms with Crippen LogP contribution in [0, 0.1) is 0 Å². The summed E-state index contributed by atoms with van der Waals surface area (Å²) in [5, 5.41) is 0. The van der Waals surface area contributed by atoms with Gasteiger partial charge in [0.25, 0.3) is 0 Å². The lowest BCUT2D eigenvalue weighted by Gasteiger charge is -2.14. The van der Waals surface area contributed by atoms with Crippen LogP contribution in [-0.4, -0.2) is 14.5 Å². The second kappa shape index (κ2) is 8.02. The highest BCUT2D eigenvalue weighted by Gasteiger charge is 2.16. The zero-order chi connectivity index (χ0) is 14.3. The van der Waals surface area contributed by atoms with Crippen LogP contribution in [0.1, 0.15) is 46.0 Å². The lowest BCUT2D eigenvalue weighted by atomic mass is 10.1. The Morgan fingerprint density at radius 1 is 1.16 bits per heavy atom. The first-order valence-electron chi connectivity index (χ1n) is 6.73. The molecule has 0 aromatic heterocycles. The van der Waals surface area contributed by atoms with E-state index in [9.17, 15) is 8.42 Å². The highest BCUT2D eigenvalue weighted by Crippen LogP contribution is 2.15. The van der Waals surface area contributed by atoms with E-state index < -0.39 is 10.0 Å². The molecule has 0 fully saturated rings. The van der Waals surface area contributed by atoms with Crippen LogP contribution < -0.4 is 4.72 Å². The van der Waals surface area contributed by atoms with Crippen LogP contribution in [-0.2, 0) is 10.0 Å². The van der Waals surface area contributed by atoms with Crippen LogP contribution in [0.5, 0.6) is 0 Å². The maximum atomic E-state index is 12.1. The zero-order valence-corrected chi connectivity index (χ0v) is 13.9. The minimum absolute atomic E-state index is 0.0227. The van der Waals surface area contributed by atoms with Gasteiger partial charge in [-0.05, 0) is 37.6 Å². The Kier molecular flexibility index (Phi) is 7.04. The third kappa shape index (κ3) is 6.06. The maximum absolute atomic E-state index is 12.1. The van der Waals surface area contributed by atoms with Crippen LogP contribution in [0.25, 0.3) is 0 Å². The molecule has 1 N–H and O–H groups in total. The van der Waals surface area contributed by atoms with Crippen molar-refractivity contribution in [1.82, 2.24) is 4.72 Å². The highest BCUT2D eigenvalue weighted by molar-refractivity contribution is 9.10. The molecule has 0 amide bonds. The highest BCUT2D eigenvalue weighted by atomic mass is 79.9. The molecule has 0 spiro atoms. The van der Waals surface area contributed by atoms with Crippen molar-refractivity contribution in [2.75, 3.05) is 0 Å². The van der Waals surface area contributed by atoms with E-state index in [2.05, 4.69) is 27.6 Å². The largest absolute Gasteiger partial charge is 0.240 e. The first-order valence-corrected chi connectivity index (χ1v) is 9.01. The standard InChI is InChI=1S/C14H22BrNO2S/c1-3-4-5-6-7-12(2)16-19(17,18)14-10-8-13(15)9-11-14/h8-12,16H,3-7H2,1-2H3. The van der Waals surface area contributed by atoms with E-state index in [1.807, 2.05) is 6.92 Å². The topological polar surface area (TPSA) is 46.2 Å². The molecule has 3 nitrogen and oxygen atoms in total. The summed E-state index contributed by atoms with van der Waals surface area (Å²) in [6.45, 7) is 4.09. The van der Waals surface area contributed by atoms with Crippen LogP contribution in [0.3, 0.4) is 0 Å². The van der Waals surface area contributed by atoms with Gasteiger partial charge in [-0.2, -0.15) is 0 Å². The molecule has 0 heterocycles. The quantitative estimate of drug-likeness (QED) is 0.720. The van der Waals surface area contributed by atoms with Crippen molar-refractivity contribution in [1.29, 1.82) is 0 Å². The summed E-state index contributed by atoms with van der Waals surface area (Å²) < 4.78 is 27.8. The molecular formula is C14H22BrNO2S. The van der Waals surface area contributed by atoms with Crippen molar-refractivity contribution in [2.24, 2.45) is 0 Å². The number of sulfonamides is 1. The van der Waals surface area contributed by atoms with Crippen molar-refractivity contribution >= 4 is 26.0 Å². The fourth-order valence-corrected chi connectivity index (χ4v) is 3.43. The average Bonchev–Trinajstić information content (AvgIpc) is 2.34. The molecule has 0 bridgehead atoms. The maximum Gasteiger partial charge on any atom is 0.240 e. The summed E-state index contributed by atoms with van der Waals surface area (Å²) in [4.78, 5) is 0.316. The molecule has 1 atom stereocenters. The predicted octanol–water partition coefficient (Wildman–Crippen LogP) is 4.09. The van der Waals surface area contributed by atoms with E-state index in [4.69, 9.17) is 0 Å². The molecule has 1 aromatic rings. The Bertz CT molecular complexity index is 471. The fourth-order valence-electron chi connectivity index (χ4n) is 1.88. The normalized spacial score (nSPS) is 13.4. The van der Waals surface area contributed by atoms with Crippen LogP contribution in [0.15, 0.2) is 33.6 Å². The van der Waals surface area contributed by atoms with Crippen molar-refractivity contribution in [3.8, 4) is 0 Å². The predicted molar refractivity (Wildman–Crippen MR) is 82.7 cm³/mol. The summed E-state index contributed by atoms with van der Waals surface area (Å²) >= 11 is 3.30. The molecule has 5 heteroatoms. The van der Waals surface area contributed by atoms with E-state index in [1.54, 1.807) is 24.3 Å². The van der Waals surface area contributed by atoms with Crippen molar-refractivity contribution in [3.05, 3.63) is 28.7 Å². The van der Waals surface area contributed by atoms with Crippen LogP contribution >= 0.6 is 15.9 Å². The number of hydrogen-bond acceptors (Lipinski definition) is 2. The molecule has 0 saturated carbocycles. The molecule has 1 aromatic carbocycles. The summed E-state index contributed by atoms with van der Waals surface area (Å²) in [5.74, 6) is 0. The number of benzene rings is 1. The number of unbranched alkanes of at least 4 members (excludes halogenated alkanes) is 3. The van der Waals surface area contributed by atoms with E-state index in [-0.39, 0.29) is 6.04 Å².